The van der Waals surface area contributed by atoms with Gasteiger partial charge in [-0.2, -0.15) is 0 Å². The van der Waals surface area contributed by atoms with Gasteiger partial charge in [-0.1, -0.05) is 29.8 Å². The average Bonchev–Trinajstić information content (AvgIpc) is 2.97. The quantitative estimate of drug-likeness (QED) is 0.838. The number of piperidine rings is 1. The molecule has 114 valence electrons. The van der Waals surface area contributed by atoms with Gasteiger partial charge in [0.1, 0.15) is 0 Å². The normalized spacial score (nSPS) is 24.5. The summed E-state index contributed by atoms with van der Waals surface area (Å²) >= 11 is 6.33. The summed E-state index contributed by atoms with van der Waals surface area (Å²) in [5.74, 6) is 0.772. The topological polar surface area (TPSA) is 23.6 Å². The Kier molecular flexibility index (Phi) is 4.51. The summed E-state index contributed by atoms with van der Waals surface area (Å²) in [7, 11) is 0. The Balaban J connectivity index is 1.58. The van der Waals surface area contributed by atoms with Crippen molar-refractivity contribution in [2.45, 2.75) is 38.1 Å². The van der Waals surface area contributed by atoms with E-state index in [4.69, 9.17) is 11.6 Å². The van der Waals surface area contributed by atoms with E-state index in [-0.39, 0.29) is 5.91 Å². The lowest BCUT2D eigenvalue weighted by atomic mass is 9.98. The molecule has 4 heteroatoms. The Bertz CT molecular complexity index is 511. The highest BCUT2D eigenvalue weighted by molar-refractivity contribution is 6.31. The number of halogens is 1. The Labute approximate surface area is 131 Å². The van der Waals surface area contributed by atoms with Gasteiger partial charge in [-0.3, -0.25) is 9.69 Å². The lowest BCUT2D eigenvalue weighted by Crippen LogP contribution is -2.45. The molecule has 0 aromatic heterocycles. The highest BCUT2D eigenvalue weighted by Gasteiger charge is 2.32. The Morgan fingerprint density at radius 3 is 2.52 bits per heavy atom. The Hall–Kier alpha value is -1.06. The number of carbonyl (C=O) groups excluding carboxylic acids is 1. The van der Waals surface area contributed by atoms with Crippen LogP contribution in [0.5, 0.6) is 0 Å². The van der Waals surface area contributed by atoms with Crippen molar-refractivity contribution in [3.8, 4) is 0 Å². The van der Waals surface area contributed by atoms with Crippen LogP contribution in [0.3, 0.4) is 0 Å². The number of hydrogen-bond acceptors (Lipinski definition) is 2. The molecule has 0 saturated carbocycles. The summed E-state index contributed by atoms with van der Waals surface area (Å²) in [5, 5.41) is 0.899. The predicted molar refractivity (Wildman–Crippen MR) is 85.7 cm³/mol. The molecule has 2 saturated heterocycles. The van der Waals surface area contributed by atoms with Crippen molar-refractivity contribution in [2.75, 3.05) is 26.2 Å². The molecule has 0 N–H and O–H groups in total. The summed E-state index contributed by atoms with van der Waals surface area (Å²) in [5.41, 5.74) is 1.29. The van der Waals surface area contributed by atoms with E-state index in [1.54, 1.807) is 6.92 Å². The number of benzene rings is 1. The maximum absolute atomic E-state index is 11.4. The van der Waals surface area contributed by atoms with Gasteiger partial charge in [-0.25, -0.2) is 0 Å². The molecule has 0 radical (unpaired) electrons. The largest absolute Gasteiger partial charge is 0.343 e. The molecule has 2 aliphatic heterocycles. The number of amides is 1. The Morgan fingerprint density at radius 1 is 1.14 bits per heavy atom. The van der Waals surface area contributed by atoms with Crippen LogP contribution in [0.4, 0.5) is 0 Å². The van der Waals surface area contributed by atoms with E-state index < -0.39 is 0 Å². The molecule has 2 heterocycles. The van der Waals surface area contributed by atoms with E-state index in [2.05, 4.69) is 17.0 Å². The van der Waals surface area contributed by atoms with Gasteiger partial charge in [0.2, 0.25) is 5.91 Å². The highest BCUT2D eigenvalue weighted by atomic mass is 35.5. The number of hydrogen-bond donors (Lipinski definition) is 0. The lowest BCUT2D eigenvalue weighted by Gasteiger charge is -2.36. The van der Waals surface area contributed by atoms with Crippen LogP contribution < -0.4 is 0 Å². The van der Waals surface area contributed by atoms with E-state index in [1.165, 1.54) is 12.0 Å². The minimum absolute atomic E-state index is 0.212. The highest BCUT2D eigenvalue weighted by Crippen LogP contribution is 2.34. The zero-order chi connectivity index (χ0) is 14.8. The van der Waals surface area contributed by atoms with E-state index >= 15 is 0 Å². The monoisotopic (exact) mass is 306 g/mol. The second-order valence-corrected chi connectivity index (χ2v) is 6.65. The summed E-state index contributed by atoms with van der Waals surface area (Å²) in [4.78, 5) is 16.0. The van der Waals surface area contributed by atoms with Gasteiger partial charge in [-0.05, 0) is 43.4 Å². The molecule has 21 heavy (non-hydrogen) atoms. The number of nitrogens with zero attached hydrogens (tertiary/aromatic N) is 2. The first-order chi connectivity index (χ1) is 10.1. The van der Waals surface area contributed by atoms with Crippen molar-refractivity contribution in [1.82, 2.24) is 9.80 Å². The molecule has 3 rings (SSSR count). The predicted octanol–water partition coefficient (Wildman–Crippen LogP) is 3.14. The standard InChI is InChI=1S/C17H23ClN2O/c1-13(21)19-10-7-15(8-11-19)20-9-6-14(12-20)16-4-2-3-5-17(16)18/h2-5,14-15H,6-12H2,1H3/t14-/m1/s1. The molecule has 1 amide bonds. The molecular formula is C17H23ClN2O. The third-order valence-corrected chi connectivity index (χ3v) is 5.34. The van der Waals surface area contributed by atoms with Crippen LogP contribution in [-0.4, -0.2) is 47.9 Å². The van der Waals surface area contributed by atoms with Crippen molar-refractivity contribution in [1.29, 1.82) is 0 Å². The van der Waals surface area contributed by atoms with E-state index in [0.717, 1.165) is 44.0 Å². The van der Waals surface area contributed by atoms with Gasteiger partial charge in [-0.15, -0.1) is 0 Å². The number of likely N-dealkylation sites (tertiary alicyclic amines) is 2. The molecule has 3 nitrogen and oxygen atoms in total. The molecule has 1 aromatic carbocycles. The minimum atomic E-state index is 0.212. The lowest BCUT2D eigenvalue weighted by molar-refractivity contribution is -0.130. The van der Waals surface area contributed by atoms with Gasteiger partial charge in [0.15, 0.2) is 0 Å². The van der Waals surface area contributed by atoms with Crippen LogP contribution in [0.25, 0.3) is 0 Å². The van der Waals surface area contributed by atoms with Crippen molar-refractivity contribution in [2.24, 2.45) is 0 Å². The van der Waals surface area contributed by atoms with Crippen molar-refractivity contribution in [3.05, 3.63) is 34.9 Å². The minimum Gasteiger partial charge on any atom is -0.343 e. The molecule has 1 aromatic rings. The van der Waals surface area contributed by atoms with Crippen LogP contribution in [-0.2, 0) is 4.79 Å². The number of carbonyl (C=O) groups is 1. The molecule has 0 spiro atoms. The summed E-state index contributed by atoms with van der Waals surface area (Å²) in [6.07, 6.45) is 3.40. The van der Waals surface area contributed by atoms with E-state index in [1.807, 2.05) is 17.0 Å². The molecule has 2 fully saturated rings. The maximum Gasteiger partial charge on any atom is 0.219 e. The average molecular weight is 307 g/mol. The fourth-order valence-electron chi connectivity index (χ4n) is 3.72. The van der Waals surface area contributed by atoms with Gasteiger partial charge < -0.3 is 4.90 Å². The zero-order valence-corrected chi connectivity index (χ0v) is 13.4. The van der Waals surface area contributed by atoms with E-state index in [0.29, 0.717) is 12.0 Å². The first kappa shape index (κ1) is 14.9. The first-order valence-electron chi connectivity index (χ1n) is 7.89. The van der Waals surface area contributed by atoms with Gasteiger partial charge in [0.05, 0.1) is 0 Å². The molecular weight excluding hydrogens is 284 g/mol. The molecule has 0 bridgehead atoms. The summed E-state index contributed by atoms with van der Waals surface area (Å²) in [6, 6.07) is 8.86. The van der Waals surface area contributed by atoms with Crippen molar-refractivity contribution in [3.63, 3.8) is 0 Å². The van der Waals surface area contributed by atoms with Crippen LogP contribution >= 0.6 is 11.6 Å². The van der Waals surface area contributed by atoms with Crippen molar-refractivity contribution >= 4 is 17.5 Å². The van der Waals surface area contributed by atoms with Gasteiger partial charge >= 0.3 is 0 Å². The van der Waals surface area contributed by atoms with Gasteiger partial charge in [0.25, 0.3) is 0 Å². The molecule has 0 unspecified atom stereocenters. The Morgan fingerprint density at radius 2 is 1.86 bits per heavy atom. The summed E-state index contributed by atoms with van der Waals surface area (Å²) in [6.45, 7) is 5.75. The summed E-state index contributed by atoms with van der Waals surface area (Å²) < 4.78 is 0. The zero-order valence-electron chi connectivity index (χ0n) is 12.6. The number of rotatable bonds is 2. The van der Waals surface area contributed by atoms with Crippen molar-refractivity contribution < 1.29 is 4.79 Å². The fourth-order valence-corrected chi connectivity index (χ4v) is 4.01. The SMILES string of the molecule is CC(=O)N1CCC(N2CC[C@@H](c3ccccc3Cl)C2)CC1. The second kappa shape index (κ2) is 6.37. The van der Waals surface area contributed by atoms with Gasteiger partial charge in [0, 0.05) is 37.6 Å². The van der Waals surface area contributed by atoms with Crippen LogP contribution in [0.1, 0.15) is 37.7 Å². The third-order valence-electron chi connectivity index (χ3n) is 4.99. The first-order valence-corrected chi connectivity index (χ1v) is 8.27. The maximum atomic E-state index is 11.4. The van der Waals surface area contributed by atoms with Crippen LogP contribution in [0.2, 0.25) is 5.02 Å². The molecule has 2 aliphatic rings. The second-order valence-electron chi connectivity index (χ2n) is 6.24. The fraction of sp³-hybridized carbons (Fsp3) is 0.588. The molecule has 1 atom stereocenters. The smallest absolute Gasteiger partial charge is 0.219 e. The van der Waals surface area contributed by atoms with E-state index in [9.17, 15) is 4.79 Å². The van der Waals surface area contributed by atoms with Crippen LogP contribution in [0, 0.1) is 0 Å². The molecule has 0 aliphatic carbocycles. The third kappa shape index (κ3) is 3.24. The van der Waals surface area contributed by atoms with Crippen LogP contribution in [0.15, 0.2) is 24.3 Å².